The van der Waals surface area contributed by atoms with E-state index in [1.807, 2.05) is 31.2 Å². The van der Waals surface area contributed by atoms with Gasteiger partial charge in [-0.2, -0.15) is 0 Å². The minimum absolute atomic E-state index is 0.0185. The van der Waals surface area contributed by atoms with Gasteiger partial charge in [-0.3, -0.25) is 4.79 Å². The molecular formula is C17H27NO3. The van der Waals surface area contributed by atoms with Gasteiger partial charge < -0.3 is 15.2 Å². The minimum Gasteiger partial charge on any atom is -0.493 e. The highest BCUT2D eigenvalue weighted by Gasteiger charge is 2.09. The molecule has 0 aliphatic rings. The van der Waals surface area contributed by atoms with E-state index in [9.17, 15) is 4.79 Å². The van der Waals surface area contributed by atoms with Crippen molar-refractivity contribution in [3.8, 4) is 5.75 Å². The second kappa shape index (κ2) is 10.2. The molecule has 0 heterocycles. The molecule has 1 aromatic rings. The van der Waals surface area contributed by atoms with E-state index in [2.05, 4.69) is 6.92 Å². The first-order valence-corrected chi connectivity index (χ1v) is 7.82. The number of rotatable bonds is 10. The lowest BCUT2D eigenvalue weighted by atomic mass is 10.0. The van der Waals surface area contributed by atoms with Crippen LogP contribution < -0.4 is 10.5 Å². The Morgan fingerprint density at radius 1 is 1.19 bits per heavy atom. The molecule has 1 rings (SSSR count). The van der Waals surface area contributed by atoms with Gasteiger partial charge in [-0.15, -0.1) is 0 Å². The van der Waals surface area contributed by atoms with Crippen molar-refractivity contribution in [1.29, 1.82) is 0 Å². The summed E-state index contributed by atoms with van der Waals surface area (Å²) in [6.07, 6.45) is 4.11. The van der Waals surface area contributed by atoms with Gasteiger partial charge in [-0.1, -0.05) is 25.1 Å². The molecule has 0 radical (unpaired) electrons. The Morgan fingerprint density at radius 2 is 1.95 bits per heavy atom. The van der Waals surface area contributed by atoms with Crippen molar-refractivity contribution in [3.63, 3.8) is 0 Å². The predicted octanol–water partition coefficient (Wildman–Crippen LogP) is 3.60. The van der Waals surface area contributed by atoms with E-state index in [-0.39, 0.29) is 12.0 Å². The van der Waals surface area contributed by atoms with Crippen LogP contribution in [0, 0.1) is 0 Å². The lowest BCUT2D eigenvalue weighted by Crippen LogP contribution is -2.11. The van der Waals surface area contributed by atoms with Crippen molar-refractivity contribution >= 4 is 5.97 Å². The molecule has 2 N–H and O–H groups in total. The molecule has 0 aliphatic carbocycles. The Hall–Kier alpha value is -1.55. The van der Waals surface area contributed by atoms with Crippen molar-refractivity contribution in [2.45, 2.75) is 52.0 Å². The first kappa shape index (κ1) is 17.5. The number of hydrogen-bond donors (Lipinski definition) is 1. The third kappa shape index (κ3) is 6.63. The Labute approximate surface area is 127 Å². The van der Waals surface area contributed by atoms with E-state index in [0.717, 1.165) is 37.0 Å². The topological polar surface area (TPSA) is 61.5 Å². The maximum atomic E-state index is 11.2. The molecule has 21 heavy (non-hydrogen) atoms. The van der Waals surface area contributed by atoms with E-state index in [1.165, 1.54) is 0 Å². The molecule has 0 saturated heterocycles. The number of hydrogen-bond acceptors (Lipinski definition) is 4. The van der Waals surface area contributed by atoms with Crippen molar-refractivity contribution in [2.24, 2.45) is 5.73 Å². The molecule has 1 atom stereocenters. The first-order valence-electron chi connectivity index (χ1n) is 7.82. The largest absolute Gasteiger partial charge is 0.493 e. The summed E-state index contributed by atoms with van der Waals surface area (Å²) in [5, 5.41) is 0. The van der Waals surface area contributed by atoms with Gasteiger partial charge in [0, 0.05) is 18.0 Å². The van der Waals surface area contributed by atoms with Crippen LogP contribution in [0.1, 0.15) is 57.6 Å². The standard InChI is InChI=1S/C17H27NO3/c1-3-15(18)14-10-7-8-11-16(14)21-13-9-5-6-12-17(19)20-4-2/h7-8,10-11,15H,3-6,9,12-13,18H2,1-2H3/t15-/m1/s1. The van der Waals surface area contributed by atoms with Crippen LogP contribution in [0.3, 0.4) is 0 Å². The molecule has 0 fully saturated rings. The van der Waals surface area contributed by atoms with Crippen LogP contribution in [-0.4, -0.2) is 19.2 Å². The summed E-state index contributed by atoms with van der Waals surface area (Å²) in [6.45, 7) is 4.99. The fourth-order valence-electron chi connectivity index (χ4n) is 2.10. The zero-order valence-electron chi connectivity index (χ0n) is 13.1. The predicted molar refractivity (Wildman–Crippen MR) is 84.3 cm³/mol. The number of esters is 1. The molecule has 4 heteroatoms. The molecular weight excluding hydrogens is 266 g/mol. The maximum Gasteiger partial charge on any atom is 0.305 e. The number of para-hydroxylation sites is 1. The maximum absolute atomic E-state index is 11.2. The number of carbonyl (C=O) groups excluding carboxylic acids is 1. The van der Waals surface area contributed by atoms with Gasteiger partial charge in [0.2, 0.25) is 0 Å². The van der Waals surface area contributed by atoms with Crippen LogP contribution in [0.15, 0.2) is 24.3 Å². The van der Waals surface area contributed by atoms with Crippen molar-refractivity contribution in [1.82, 2.24) is 0 Å². The van der Waals surface area contributed by atoms with E-state index >= 15 is 0 Å². The molecule has 0 amide bonds. The van der Waals surface area contributed by atoms with Gasteiger partial charge >= 0.3 is 5.97 Å². The molecule has 0 aromatic heterocycles. The van der Waals surface area contributed by atoms with Crippen LogP contribution in [0.25, 0.3) is 0 Å². The number of ether oxygens (including phenoxy) is 2. The van der Waals surface area contributed by atoms with Crippen LogP contribution in [-0.2, 0) is 9.53 Å². The van der Waals surface area contributed by atoms with Gasteiger partial charge in [-0.25, -0.2) is 0 Å². The quantitative estimate of drug-likeness (QED) is 0.529. The fraction of sp³-hybridized carbons (Fsp3) is 0.588. The Morgan fingerprint density at radius 3 is 2.67 bits per heavy atom. The molecule has 4 nitrogen and oxygen atoms in total. The lowest BCUT2D eigenvalue weighted by molar-refractivity contribution is -0.143. The van der Waals surface area contributed by atoms with Crippen molar-refractivity contribution < 1.29 is 14.3 Å². The molecule has 0 bridgehead atoms. The minimum atomic E-state index is -0.113. The van der Waals surface area contributed by atoms with Crippen LogP contribution >= 0.6 is 0 Å². The normalized spacial score (nSPS) is 12.0. The molecule has 0 unspecified atom stereocenters. The average Bonchev–Trinajstić information content (AvgIpc) is 2.50. The van der Waals surface area contributed by atoms with Crippen molar-refractivity contribution in [2.75, 3.05) is 13.2 Å². The zero-order valence-corrected chi connectivity index (χ0v) is 13.1. The van der Waals surface area contributed by atoms with Gasteiger partial charge in [0.25, 0.3) is 0 Å². The number of benzene rings is 1. The Balaban J connectivity index is 2.25. The summed E-state index contributed by atoms with van der Waals surface area (Å²) in [6, 6.07) is 7.94. The average molecular weight is 293 g/mol. The van der Waals surface area contributed by atoms with Crippen LogP contribution in [0.2, 0.25) is 0 Å². The Kier molecular flexibility index (Phi) is 8.51. The summed E-state index contributed by atoms with van der Waals surface area (Å²) < 4.78 is 10.7. The van der Waals surface area contributed by atoms with Crippen LogP contribution in [0.5, 0.6) is 5.75 Å². The third-order valence-electron chi connectivity index (χ3n) is 3.35. The monoisotopic (exact) mass is 293 g/mol. The zero-order chi connectivity index (χ0) is 15.5. The van der Waals surface area contributed by atoms with Crippen LogP contribution in [0.4, 0.5) is 0 Å². The van der Waals surface area contributed by atoms with E-state index in [1.54, 1.807) is 0 Å². The third-order valence-corrected chi connectivity index (χ3v) is 3.35. The Bertz CT molecular complexity index is 420. The second-order valence-corrected chi connectivity index (χ2v) is 5.02. The SMILES string of the molecule is CCOC(=O)CCCCCOc1ccccc1[C@H](N)CC. The van der Waals surface area contributed by atoms with E-state index < -0.39 is 0 Å². The number of carbonyl (C=O) groups is 1. The van der Waals surface area contributed by atoms with Gasteiger partial charge in [0.05, 0.1) is 13.2 Å². The van der Waals surface area contributed by atoms with E-state index in [4.69, 9.17) is 15.2 Å². The summed E-state index contributed by atoms with van der Waals surface area (Å²) in [7, 11) is 0. The van der Waals surface area contributed by atoms with Crippen molar-refractivity contribution in [3.05, 3.63) is 29.8 Å². The molecule has 1 aromatic carbocycles. The lowest BCUT2D eigenvalue weighted by Gasteiger charge is -2.15. The smallest absolute Gasteiger partial charge is 0.305 e. The highest BCUT2D eigenvalue weighted by molar-refractivity contribution is 5.69. The molecule has 118 valence electrons. The van der Waals surface area contributed by atoms with Gasteiger partial charge in [0.1, 0.15) is 5.75 Å². The highest BCUT2D eigenvalue weighted by Crippen LogP contribution is 2.25. The second-order valence-electron chi connectivity index (χ2n) is 5.02. The number of unbranched alkanes of at least 4 members (excludes halogenated alkanes) is 2. The molecule has 0 saturated carbocycles. The molecule has 0 aliphatic heterocycles. The summed E-state index contributed by atoms with van der Waals surface area (Å²) >= 11 is 0. The molecule has 0 spiro atoms. The van der Waals surface area contributed by atoms with Gasteiger partial charge in [0.15, 0.2) is 0 Å². The van der Waals surface area contributed by atoms with E-state index in [0.29, 0.717) is 19.6 Å². The summed E-state index contributed by atoms with van der Waals surface area (Å²) in [4.78, 5) is 11.2. The number of nitrogens with two attached hydrogens (primary N) is 1. The summed E-state index contributed by atoms with van der Waals surface area (Å²) in [5.41, 5.74) is 7.14. The fourth-order valence-corrected chi connectivity index (χ4v) is 2.10. The highest BCUT2D eigenvalue weighted by atomic mass is 16.5. The summed E-state index contributed by atoms with van der Waals surface area (Å²) in [5.74, 6) is 0.759. The van der Waals surface area contributed by atoms with Gasteiger partial charge in [-0.05, 0) is 38.7 Å². The first-order chi connectivity index (χ1) is 10.2.